The van der Waals surface area contributed by atoms with Crippen molar-refractivity contribution in [3.63, 3.8) is 0 Å². The zero-order valence-electron chi connectivity index (χ0n) is 12.1. The molecule has 2 aromatic carbocycles. The third kappa shape index (κ3) is 2.48. The predicted molar refractivity (Wildman–Crippen MR) is 81.8 cm³/mol. The van der Waals surface area contributed by atoms with E-state index in [0.29, 0.717) is 22.1 Å². The van der Waals surface area contributed by atoms with E-state index in [4.69, 9.17) is 4.42 Å². The summed E-state index contributed by atoms with van der Waals surface area (Å²) in [5.41, 5.74) is 1.98. The van der Waals surface area contributed by atoms with Gasteiger partial charge in [-0.25, -0.2) is 4.79 Å². The van der Waals surface area contributed by atoms with Crippen LogP contribution in [0, 0.1) is 6.92 Å². The first kappa shape index (κ1) is 14.0. The second-order valence-corrected chi connectivity index (χ2v) is 4.90. The number of fused-ring (bicyclic) bond motifs is 1. The smallest absolute Gasteiger partial charge is 0.337 e. The van der Waals surface area contributed by atoms with Crippen LogP contribution >= 0.6 is 0 Å². The molecule has 0 unspecified atom stereocenters. The van der Waals surface area contributed by atoms with Crippen LogP contribution in [0.25, 0.3) is 22.4 Å². The van der Waals surface area contributed by atoms with E-state index in [1.165, 1.54) is 7.11 Å². The Hall–Kier alpha value is -2.95. The molecule has 0 saturated heterocycles. The zero-order chi connectivity index (χ0) is 15.7. The van der Waals surface area contributed by atoms with Crippen LogP contribution in [0.15, 0.2) is 51.7 Å². The second kappa shape index (κ2) is 5.44. The van der Waals surface area contributed by atoms with Gasteiger partial charge >= 0.3 is 5.97 Å². The molecule has 0 amide bonds. The summed E-state index contributed by atoms with van der Waals surface area (Å²) in [6.45, 7) is 1.90. The van der Waals surface area contributed by atoms with Crippen molar-refractivity contribution >= 4 is 16.9 Å². The van der Waals surface area contributed by atoms with E-state index in [1.807, 2.05) is 13.0 Å². The van der Waals surface area contributed by atoms with E-state index >= 15 is 0 Å². The van der Waals surface area contributed by atoms with Gasteiger partial charge in [0.05, 0.1) is 18.1 Å². The van der Waals surface area contributed by atoms with E-state index in [9.17, 15) is 9.59 Å². The molecule has 3 aromatic rings. The molecule has 1 aromatic heterocycles. The van der Waals surface area contributed by atoms with Crippen molar-refractivity contribution in [2.24, 2.45) is 0 Å². The first-order valence-electron chi connectivity index (χ1n) is 6.69. The van der Waals surface area contributed by atoms with Crippen molar-refractivity contribution in [1.82, 2.24) is 4.98 Å². The summed E-state index contributed by atoms with van der Waals surface area (Å²) >= 11 is 0. The quantitative estimate of drug-likeness (QED) is 0.680. The lowest BCUT2D eigenvalue weighted by Gasteiger charge is -2.04. The summed E-state index contributed by atoms with van der Waals surface area (Å²) < 4.78 is 10.4. The van der Waals surface area contributed by atoms with Crippen LogP contribution in [-0.4, -0.2) is 18.1 Å². The molecule has 0 aliphatic carbocycles. The standard InChI is InChI=1S/C17H13NO4/c1-10-6-7-14-13(8-10)15(19)18-16(22-14)11-4-3-5-12(9-11)17(20)21-2/h3-9H,1-2H3. The van der Waals surface area contributed by atoms with E-state index in [-0.39, 0.29) is 11.4 Å². The minimum absolute atomic E-state index is 0.173. The highest BCUT2D eigenvalue weighted by Gasteiger charge is 2.11. The van der Waals surface area contributed by atoms with Gasteiger partial charge in [-0.2, -0.15) is 4.98 Å². The summed E-state index contributed by atoms with van der Waals surface area (Å²) in [6.07, 6.45) is 0. The SMILES string of the molecule is COC(=O)c1cccc(-c2nc(=O)c3cc(C)ccc3o2)c1. The predicted octanol–water partition coefficient (Wildman–Crippen LogP) is 2.95. The Labute approximate surface area is 126 Å². The number of hydrogen-bond donors (Lipinski definition) is 0. The summed E-state index contributed by atoms with van der Waals surface area (Å²) in [7, 11) is 1.31. The molecule has 0 fully saturated rings. The number of esters is 1. The Balaban J connectivity index is 2.17. The van der Waals surface area contributed by atoms with E-state index in [1.54, 1.807) is 36.4 Å². The van der Waals surface area contributed by atoms with E-state index in [0.717, 1.165) is 5.56 Å². The monoisotopic (exact) mass is 295 g/mol. The average Bonchev–Trinajstić information content (AvgIpc) is 2.54. The molecule has 0 atom stereocenters. The molecule has 0 spiro atoms. The van der Waals surface area contributed by atoms with Crippen molar-refractivity contribution < 1.29 is 13.9 Å². The summed E-state index contributed by atoms with van der Waals surface area (Å²) in [6, 6.07) is 11.9. The minimum atomic E-state index is -0.458. The first-order chi connectivity index (χ1) is 10.6. The van der Waals surface area contributed by atoms with Gasteiger partial charge in [-0.1, -0.05) is 17.7 Å². The molecule has 5 nitrogen and oxygen atoms in total. The Kier molecular flexibility index (Phi) is 3.47. The molecule has 0 saturated carbocycles. The van der Waals surface area contributed by atoms with Gasteiger partial charge in [-0.3, -0.25) is 4.79 Å². The van der Waals surface area contributed by atoms with Crippen LogP contribution < -0.4 is 5.56 Å². The van der Waals surface area contributed by atoms with Gasteiger partial charge in [0.25, 0.3) is 5.56 Å². The molecule has 0 radical (unpaired) electrons. The summed E-state index contributed by atoms with van der Waals surface area (Å²) in [4.78, 5) is 27.7. The average molecular weight is 295 g/mol. The lowest BCUT2D eigenvalue weighted by Crippen LogP contribution is -2.08. The third-order valence-corrected chi connectivity index (χ3v) is 3.31. The summed E-state index contributed by atoms with van der Waals surface area (Å²) in [5, 5.41) is 0.438. The fourth-order valence-corrected chi connectivity index (χ4v) is 2.20. The molecule has 22 heavy (non-hydrogen) atoms. The maximum Gasteiger partial charge on any atom is 0.337 e. The Bertz CT molecular complexity index is 927. The molecule has 0 N–H and O–H groups in total. The molecule has 5 heteroatoms. The van der Waals surface area contributed by atoms with Crippen LogP contribution in [0.1, 0.15) is 15.9 Å². The first-order valence-corrected chi connectivity index (χ1v) is 6.69. The topological polar surface area (TPSA) is 69.4 Å². The number of methoxy groups -OCH3 is 1. The van der Waals surface area contributed by atoms with Gasteiger partial charge in [-0.05, 0) is 37.3 Å². The van der Waals surface area contributed by atoms with Crippen molar-refractivity contribution in [2.45, 2.75) is 6.92 Å². The highest BCUT2D eigenvalue weighted by Crippen LogP contribution is 2.21. The molecule has 110 valence electrons. The molecule has 0 bridgehead atoms. The Morgan fingerprint density at radius 2 is 2.00 bits per heavy atom. The maximum atomic E-state index is 12.1. The van der Waals surface area contributed by atoms with Gasteiger partial charge in [-0.15, -0.1) is 0 Å². The van der Waals surface area contributed by atoms with Crippen molar-refractivity contribution in [2.75, 3.05) is 7.11 Å². The number of carbonyl (C=O) groups is 1. The molecule has 1 heterocycles. The maximum absolute atomic E-state index is 12.1. The van der Waals surface area contributed by atoms with Gasteiger partial charge in [0.15, 0.2) is 0 Å². The highest BCUT2D eigenvalue weighted by molar-refractivity contribution is 5.90. The van der Waals surface area contributed by atoms with Crippen LogP contribution in [0.3, 0.4) is 0 Å². The van der Waals surface area contributed by atoms with Crippen LogP contribution in [0.5, 0.6) is 0 Å². The fourth-order valence-electron chi connectivity index (χ4n) is 2.20. The van der Waals surface area contributed by atoms with Crippen molar-refractivity contribution in [3.8, 4) is 11.5 Å². The van der Waals surface area contributed by atoms with E-state index < -0.39 is 5.97 Å². The number of rotatable bonds is 2. The van der Waals surface area contributed by atoms with E-state index in [2.05, 4.69) is 9.72 Å². The normalized spacial score (nSPS) is 10.6. The number of aryl methyl sites for hydroxylation is 1. The highest BCUT2D eigenvalue weighted by atomic mass is 16.5. The molecule has 0 aliphatic rings. The number of benzene rings is 2. The lowest BCUT2D eigenvalue weighted by atomic mass is 10.1. The van der Waals surface area contributed by atoms with Gasteiger partial charge < -0.3 is 9.15 Å². The molecule has 3 rings (SSSR count). The number of aromatic nitrogens is 1. The van der Waals surface area contributed by atoms with Gasteiger partial charge in [0.1, 0.15) is 5.58 Å². The molecule has 0 aliphatic heterocycles. The largest absolute Gasteiger partial charge is 0.465 e. The molecular formula is C17H13NO4. The molecular weight excluding hydrogens is 282 g/mol. The number of carbonyl (C=O) groups excluding carboxylic acids is 1. The fraction of sp³-hybridized carbons (Fsp3) is 0.118. The zero-order valence-corrected chi connectivity index (χ0v) is 12.1. The number of ether oxygens (including phenoxy) is 1. The van der Waals surface area contributed by atoms with Crippen LogP contribution in [0.2, 0.25) is 0 Å². The third-order valence-electron chi connectivity index (χ3n) is 3.31. The number of hydrogen-bond acceptors (Lipinski definition) is 5. The van der Waals surface area contributed by atoms with Crippen LogP contribution in [0.4, 0.5) is 0 Å². The van der Waals surface area contributed by atoms with Gasteiger partial charge in [0, 0.05) is 5.56 Å². The van der Waals surface area contributed by atoms with Gasteiger partial charge in [0.2, 0.25) is 5.89 Å². The van der Waals surface area contributed by atoms with Crippen molar-refractivity contribution in [3.05, 3.63) is 63.9 Å². The van der Waals surface area contributed by atoms with Crippen LogP contribution in [-0.2, 0) is 4.74 Å². The number of nitrogens with zero attached hydrogens (tertiary/aromatic N) is 1. The minimum Gasteiger partial charge on any atom is -0.465 e. The summed E-state index contributed by atoms with van der Waals surface area (Å²) in [5.74, 6) is -0.285. The second-order valence-electron chi connectivity index (χ2n) is 4.90. The van der Waals surface area contributed by atoms with Crippen molar-refractivity contribution in [1.29, 1.82) is 0 Å². The Morgan fingerprint density at radius 1 is 1.18 bits per heavy atom. The Morgan fingerprint density at radius 3 is 2.77 bits per heavy atom. The lowest BCUT2D eigenvalue weighted by molar-refractivity contribution is 0.0601.